The fraction of sp³-hybridized carbons (Fsp3) is 0.333. The second-order valence-corrected chi connectivity index (χ2v) is 5.16. The zero-order valence-corrected chi connectivity index (χ0v) is 11.3. The molecule has 0 radical (unpaired) electrons. The molecule has 1 aromatic heterocycles. The maximum Gasteiger partial charge on any atom is 0.242 e. The lowest BCUT2D eigenvalue weighted by atomic mass is 9.94. The van der Waals surface area contributed by atoms with Crippen LogP contribution < -0.4 is 0 Å². The van der Waals surface area contributed by atoms with Crippen LogP contribution in [-0.4, -0.2) is 17.9 Å². The van der Waals surface area contributed by atoms with Crippen molar-refractivity contribution in [1.29, 1.82) is 5.26 Å². The van der Waals surface area contributed by atoms with Crippen molar-refractivity contribution in [3.05, 3.63) is 36.1 Å². The summed E-state index contributed by atoms with van der Waals surface area (Å²) in [7, 11) is 1.70. The molecule has 1 amide bonds. The first-order chi connectivity index (χ1) is 8.95. The number of benzene rings is 1. The number of nitrogens with zero attached hydrogens (tertiary/aromatic N) is 2. The van der Waals surface area contributed by atoms with E-state index in [-0.39, 0.29) is 5.91 Å². The van der Waals surface area contributed by atoms with E-state index in [1.165, 1.54) is 0 Å². The molecule has 2 rings (SSSR count). The maximum absolute atomic E-state index is 12.1. The summed E-state index contributed by atoms with van der Waals surface area (Å²) < 4.78 is 5.44. The number of hydrogen-bond acceptors (Lipinski definition) is 3. The third-order valence-electron chi connectivity index (χ3n) is 3.13. The Morgan fingerprint density at radius 2 is 2.11 bits per heavy atom. The zero-order chi connectivity index (χ0) is 14.0. The molecule has 19 heavy (non-hydrogen) atoms. The summed E-state index contributed by atoms with van der Waals surface area (Å²) in [4.78, 5) is 13.7. The van der Waals surface area contributed by atoms with Crippen LogP contribution in [0.5, 0.6) is 0 Å². The van der Waals surface area contributed by atoms with E-state index >= 15 is 0 Å². The van der Waals surface area contributed by atoms with Crippen molar-refractivity contribution >= 4 is 16.9 Å². The van der Waals surface area contributed by atoms with Crippen LogP contribution in [-0.2, 0) is 11.3 Å². The summed E-state index contributed by atoms with van der Waals surface area (Å²) >= 11 is 0. The largest absolute Gasteiger partial charge is 0.464 e. The number of nitriles is 1. The highest BCUT2D eigenvalue weighted by atomic mass is 16.3. The molecule has 0 atom stereocenters. The molecule has 4 nitrogen and oxygen atoms in total. The molecule has 0 N–H and O–H groups in total. The first kappa shape index (κ1) is 13.2. The highest BCUT2D eigenvalue weighted by molar-refractivity contribution is 5.85. The number of amides is 1. The van der Waals surface area contributed by atoms with Gasteiger partial charge < -0.3 is 9.32 Å². The lowest BCUT2D eigenvalue weighted by Crippen LogP contribution is -2.37. The quantitative estimate of drug-likeness (QED) is 0.848. The highest BCUT2D eigenvalue weighted by Gasteiger charge is 2.30. The molecular formula is C15H16N2O2. The predicted molar refractivity (Wildman–Crippen MR) is 72.1 cm³/mol. The molecule has 4 heteroatoms. The first-order valence-corrected chi connectivity index (χ1v) is 6.07. The Kier molecular flexibility index (Phi) is 3.30. The van der Waals surface area contributed by atoms with E-state index in [2.05, 4.69) is 0 Å². The Bertz CT molecular complexity index is 649. The molecule has 98 valence electrons. The van der Waals surface area contributed by atoms with Crippen LogP contribution in [0, 0.1) is 16.7 Å². The summed E-state index contributed by atoms with van der Waals surface area (Å²) in [5.74, 6) is -0.194. The standard InChI is InChI=1S/C15H16N2O2/c1-15(2,10-16)14(18)17(3)8-11-9-19-13-7-5-4-6-12(11)13/h4-7,9H,8H2,1-3H3. The van der Waals surface area contributed by atoms with Crippen molar-refractivity contribution in [2.75, 3.05) is 7.05 Å². The average molecular weight is 256 g/mol. The second-order valence-electron chi connectivity index (χ2n) is 5.16. The summed E-state index contributed by atoms with van der Waals surface area (Å²) in [6.45, 7) is 3.68. The summed E-state index contributed by atoms with van der Waals surface area (Å²) in [6.07, 6.45) is 1.66. The van der Waals surface area contributed by atoms with Gasteiger partial charge in [0.1, 0.15) is 11.0 Å². The highest BCUT2D eigenvalue weighted by Crippen LogP contribution is 2.23. The van der Waals surface area contributed by atoms with Crippen LogP contribution in [0.3, 0.4) is 0 Å². The van der Waals surface area contributed by atoms with Crippen molar-refractivity contribution in [3.63, 3.8) is 0 Å². The van der Waals surface area contributed by atoms with E-state index in [9.17, 15) is 4.79 Å². The topological polar surface area (TPSA) is 57.2 Å². The number of fused-ring (bicyclic) bond motifs is 1. The monoisotopic (exact) mass is 256 g/mol. The van der Waals surface area contributed by atoms with Gasteiger partial charge in [-0.15, -0.1) is 0 Å². The molecule has 0 bridgehead atoms. The molecule has 1 heterocycles. The number of carbonyl (C=O) groups excluding carboxylic acids is 1. The van der Waals surface area contributed by atoms with Gasteiger partial charge in [-0.25, -0.2) is 0 Å². The minimum absolute atomic E-state index is 0.194. The van der Waals surface area contributed by atoms with Crippen molar-refractivity contribution in [1.82, 2.24) is 4.90 Å². The Hall–Kier alpha value is -2.28. The van der Waals surface area contributed by atoms with Crippen molar-refractivity contribution < 1.29 is 9.21 Å². The molecule has 0 saturated heterocycles. The summed E-state index contributed by atoms with van der Waals surface area (Å²) in [5.41, 5.74) is 0.743. The second kappa shape index (κ2) is 4.77. The van der Waals surface area contributed by atoms with E-state index in [4.69, 9.17) is 9.68 Å². The molecule has 0 aliphatic rings. The molecular weight excluding hydrogens is 240 g/mol. The Morgan fingerprint density at radius 3 is 2.79 bits per heavy atom. The van der Waals surface area contributed by atoms with Crippen molar-refractivity contribution in [3.8, 4) is 6.07 Å². The lowest BCUT2D eigenvalue weighted by Gasteiger charge is -2.23. The number of rotatable bonds is 3. The van der Waals surface area contributed by atoms with Gasteiger partial charge in [0.15, 0.2) is 0 Å². The molecule has 0 fully saturated rings. The summed E-state index contributed by atoms with van der Waals surface area (Å²) in [5, 5.41) is 9.99. The van der Waals surface area contributed by atoms with Crippen LogP contribution in [0.1, 0.15) is 19.4 Å². The molecule has 0 aliphatic heterocycles. The fourth-order valence-electron chi connectivity index (χ4n) is 2.01. The maximum atomic E-state index is 12.1. The molecule has 1 aromatic carbocycles. The van der Waals surface area contributed by atoms with Crippen LogP contribution in [0.4, 0.5) is 0 Å². The lowest BCUT2D eigenvalue weighted by molar-refractivity contribution is -0.136. The predicted octanol–water partition coefficient (Wildman–Crippen LogP) is 2.94. The van der Waals surface area contributed by atoms with Gasteiger partial charge in [-0.05, 0) is 19.9 Å². The van der Waals surface area contributed by atoms with E-state index < -0.39 is 5.41 Å². The number of hydrogen-bond donors (Lipinski definition) is 0. The van der Waals surface area contributed by atoms with Gasteiger partial charge in [-0.3, -0.25) is 4.79 Å². The van der Waals surface area contributed by atoms with Gasteiger partial charge >= 0.3 is 0 Å². The minimum atomic E-state index is -1.01. The van der Waals surface area contributed by atoms with Gasteiger partial charge in [0.05, 0.1) is 12.3 Å². The van der Waals surface area contributed by atoms with Gasteiger partial charge in [-0.1, -0.05) is 18.2 Å². The Labute approximate surface area is 112 Å². The molecule has 0 unspecified atom stereocenters. The first-order valence-electron chi connectivity index (χ1n) is 6.07. The normalized spacial score (nSPS) is 11.3. The van der Waals surface area contributed by atoms with Crippen LogP contribution >= 0.6 is 0 Å². The van der Waals surface area contributed by atoms with Crippen LogP contribution in [0.25, 0.3) is 11.0 Å². The molecule has 0 aliphatic carbocycles. The number of furan rings is 1. The summed E-state index contributed by atoms with van der Waals surface area (Å²) in [6, 6.07) is 9.71. The van der Waals surface area contributed by atoms with Crippen LogP contribution in [0.2, 0.25) is 0 Å². The molecule has 0 saturated carbocycles. The van der Waals surface area contributed by atoms with E-state index in [1.807, 2.05) is 30.3 Å². The van der Waals surface area contributed by atoms with Gasteiger partial charge in [0, 0.05) is 24.5 Å². The average Bonchev–Trinajstić information content (AvgIpc) is 2.81. The van der Waals surface area contributed by atoms with Gasteiger partial charge in [0.2, 0.25) is 5.91 Å². The third-order valence-corrected chi connectivity index (χ3v) is 3.13. The number of para-hydroxylation sites is 1. The Balaban J connectivity index is 2.22. The minimum Gasteiger partial charge on any atom is -0.464 e. The smallest absolute Gasteiger partial charge is 0.242 e. The van der Waals surface area contributed by atoms with Gasteiger partial charge in [-0.2, -0.15) is 5.26 Å². The van der Waals surface area contributed by atoms with Crippen molar-refractivity contribution in [2.24, 2.45) is 5.41 Å². The van der Waals surface area contributed by atoms with Crippen LogP contribution in [0.15, 0.2) is 34.9 Å². The van der Waals surface area contributed by atoms with E-state index in [0.29, 0.717) is 6.54 Å². The van der Waals surface area contributed by atoms with Gasteiger partial charge in [0.25, 0.3) is 0 Å². The SMILES string of the molecule is CN(Cc1coc2ccccc12)C(=O)C(C)(C)C#N. The zero-order valence-electron chi connectivity index (χ0n) is 11.3. The Morgan fingerprint density at radius 1 is 1.42 bits per heavy atom. The van der Waals surface area contributed by atoms with Crippen molar-refractivity contribution in [2.45, 2.75) is 20.4 Å². The molecule has 2 aromatic rings. The number of carbonyl (C=O) groups is 1. The third kappa shape index (κ3) is 2.45. The fourth-order valence-corrected chi connectivity index (χ4v) is 2.01. The molecule has 0 spiro atoms. The van der Waals surface area contributed by atoms with E-state index in [0.717, 1.165) is 16.5 Å². The van der Waals surface area contributed by atoms with E-state index in [1.54, 1.807) is 32.1 Å².